The molecule has 29 heavy (non-hydrogen) atoms. The van der Waals surface area contributed by atoms with Gasteiger partial charge < -0.3 is 24.8 Å². The van der Waals surface area contributed by atoms with E-state index in [1.165, 1.54) is 0 Å². The number of rotatable bonds is 6. The van der Waals surface area contributed by atoms with E-state index in [0.29, 0.717) is 25.6 Å². The number of alkyl carbamates (subject to hydrolysis) is 1. The average Bonchev–Trinajstić information content (AvgIpc) is 2.91. The Morgan fingerprint density at radius 2 is 1.79 bits per heavy atom. The minimum atomic E-state index is -0.749. The number of carbonyl (C=O) groups is 2. The number of nitrogens with zero attached hydrogens (tertiary/aromatic N) is 3. The lowest BCUT2D eigenvalue weighted by Gasteiger charge is -2.39. The van der Waals surface area contributed by atoms with Crippen LogP contribution in [0.2, 0.25) is 0 Å². The summed E-state index contributed by atoms with van der Waals surface area (Å²) in [7, 11) is 0. The highest BCUT2D eigenvalue weighted by Crippen LogP contribution is 2.20. The first-order chi connectivity index (χ1) is 13.3. The molecule has 1 aromatic heterocycles. The first kappa shape index (κ1) is 23.0. The number of hydrogen-bond acceptors (Lipinski definition) is 5. The fourth-order valence-electron chi connectivity index (χ4n) is 2.96. The summed E-state index contributed by atoms with van der Waals surface area (Å²) in [6.07, 6.45) is 2.23. The molecule has 2 heterocycles. The van der Waals surface area contributed by atoms with E-state index in [2.05, 4.69) is 5.32 Å². The highest BCUT2D eigenvalue weighted by molar-refractivity contribution is 5.69. The maximum absolute atomic E-state index is 12.0. The molecule has 1 aliphatic rings. The summed E-state index contributed by atoms with van der Waals surface area (Å²) in [6.45, 7) is 13.4. The predicted molar refractivity (Wildman–Crippen MR) is 106 cm³/mol. The van der Waals surface area contributed by atoms with E-state index < -0.39 is 23.4 Å². The van der Waals surface area contributed by atoms with Gasteiger partial charge >= 0.3 is 12.2 Å². The molecule has 164 valence electrons. The quantitative estimate of drug-likeness (QED) is 0.692. The van der Waals surface area contributed by atoms with Crippen LogP contribution in [0.3, 0.4) is 0 Å². The summed E-state index contributed by atoms with van der Waals surface area (Å²) in [5, 5.41) is 12.8. The van der Waals surface area contributed by atoms with Gasteiger partial charge in [-0.05, 0) is 41.5 Å². The van der Waals surface area contributed by atoms with E-state index in [-0.39, 0.29) is 12.6 Å². The van der Waals surface area contributed by atoms with E-state index >= 15 is 0 Å². The number of likely N-dealkylation sites (tertiary alicyclic amines) is 1. The second-order valence-corrected chi connectivity index (χ2v) is 9.52. The van der Waals surface area contributed by atoms with Gasteiger partial charge in [-0.1, -0.05) is 0 Å². The smallest absolute Gasteiger partial charge is 0.410 e. The fraction of sp³-hybridized carbons (Fsp3) is 0.750. The van der Waals surface area contributed by atoms with Crippen LogP contribution in [0.25, 0.3) is 0 Å². The predicted octanol–water partition coefficient (Wildman–Crippen LogP) is 1.53. The maximum Gasteiger partial charge on any atom is 0.410 e. The Kier molecular flexibility index (Phi) is 7.15. The van der Waals surface area contributed by atoms with Crippen LogP contribution in [-0.4, -0.2) is 63.8 Å². The molecule has 9 nitrogen and oxygen atoms in total. The lowest BCUT2D eigenvalue weighted by atomic mass is 10.0. The minimum absolute atomic E-state index is 0.100. The highest BCUT2D eigenvalue weighted by atomic mass is 16.6. The Balaban J connectivity index is 1.76. The van der Waals surface area contributed by atoms with Gasteiger partial charge in [-0.15, -0.1) is 4.68 Å². The van der Waals surface area contributed by atoms with E-state index in [1.54, 1.807) is 25.7 Å². The standard InChI is InChI=1S/C20H34N4O5/c1-19(2,3)28-17(26)21-10-16(25)14-24-9-7-8-23(24)13-15-11-22(12-15)18(27)29-20(4,5)6/h7-9,15-16,25H,10-14H2,1-6H3/p+1/t16-/m0/s1. The Hall–Kier alpha value is -2.29. The van der Waals surface area contributed by atoms with E-state index in [9.17, 15) is 14.7 Å². The van der Waals surface area contributed by atoms with Crippen molar-refractivity contribution >= 4 is 12.2 Å². The van der Waals surface area contributed by atoms with Gasteiger partial charge in [-0.25, -0.2) is 9.59 Å². The largest absolute Gasteiger partial charge is 0.444 e. The molecule has 1 aliphatic heterocycles. The molecular formula is C20H35N4O5+. The van der Waals surface area contributed by atoms with Crippen molar-refractivity contribution in [2.45, 2.75) is 71.9 Å². The summed E-state index contributed by atoms with van der Waals surface area (Å²) in [6, 6.07) is 1.90. The van der Waals surface area contributed by atoms with Crippen LogP contribution in [0.5, 0.6) is 0 Å². The number of hydrogen-bond donors (Lipinski definition) is 2. The molecule has 1 atom stereocenters. The Labute approximate surface area is 172 Å². The number of aromatic nitrogens is 2. The normalized spacial score (nSPS) is 16.2. The van der Waals surface area contributed by atoms with Crippen LogP contribution >= 0.6 is 0 Å². The van der Waals surface area contributed by atoms with Gasteiger partial charge in [0.25, 0.3) is 0 Å². The van der Waals surface area contributed by atoms with Gasteiger partial charge in [0, 0.05) is 25.1 Å². The van der Waals surface area contributed by atoms with Crippen molar-refractivity contribution in [3.63, 3.8) is 0 Å². The molecule has 0 saturated carbocycles. The van der Waals surface area contributed by atoms with Crippen molar-refractivity contribution in [2.24, 2.45) is 5.92 Å². The molecule has 2 rings (SSSR count). The molecule has 1 aromatic rings. The van der Waals surface area contributed by atoms with Crippen LogP contribution in [0, 0.1) is 5.92 Å². The van der Waals surface area contributed by atoms with Crippen LogP contribution in [-0.2, 0) is 22.6 Å². The van der Waals surface area contributed by atoms with Gasteiger partial charge in [0.05, 0.1) is 19.3 Å². The Morgan fingerprint density at radius 1 is 1.17 bits per heavy atom. The number of carbonyl (C=O) groups excluding carboxylic acids is 2. The number of ether oxygens (including phenoxy) is 2. The van der Waals surface area contributed by atoms with E-state index in [0.717, 1.165) is 6.54 Å². The van der Waals surface area contributed by atoms with Gasteiger partial charge in [0.1, 0.15) is 17.3 Å². The monoisotopic (exact) mass is 411 g/mol. The lowest BCUT2D eigenvalue weighted by molar-refractivity contribution is -0.781. The van der Waals surface area contributed by atoms with Gasteiger partial charge in [0.15, 0.2) is 12.7 Å². The van der Waals surface area contributed by atoms with Crippen molar-refractivity contribution < 1.29 is 28.9 Å². The van der Waals surface area contributed by atoms with Crippen molar-refractivity contribution in [1.29, 1.82) is 0 Å². The minimum Gasteiger partial charge on any atom is -0.444 e. The Bertz CT molecular complexity index is 677. The van der Waals surface area contributed by atoms with Crippen LogP contribution in [0.4, 0.5) is 9.59 Å². The summed E-state index contributed by atoms with van der Waals surface area (Å²) in [4.78, 5) is 25.4. The summed E-state index contributed by atoms with van der Waals surface area (Å²) < 4.78 is 14.4. The first-order valence-corrected chi connectivity index (χ1v) is 10.00. The van der Waals surface area contributed by atoms with Crippen LogP contribution < -0.4 is 10.00 Å². The molecule has 1 fully saturated rings. The molecule has 2 amide bonds. The topological polar surface area (TPSA) is 96.9 Å². The third-order valence-electron chi connectivity index (χ3n) is 4.18. The molecule has 2 N–H and O–H groups in total. The van der Waals surface area contributed by atoms with Crippen LogP contribution in [0.1, 0.15) is 41.5 Å². The molecule has 0 aromatic carbocycles. The number of amides is 2. The summed E-state index contributed by atoms with van der Waals surface area (Å²) in [5.41, 5.74) is -1.07. The number of aliphatic hydroxyl groups is 1. The molecule has 1 saturated heterocycles. The second-order valence-electron chi connectivity index (χ2n) is 9.52. The first-order valence-electron chi connectivity index (χ1n) is 10.00. The van der Waals surface area contributed by atoms with Crippen molar-refractivity contribution in [3.05, 3.63) is 18.5 Å². The van der Waals surface area contributed by atoms with Crippen molar-refractivity contribution in [1.82, 2.24) is 14.9 Å². The zero-order valence-corrected chi connectivity index (χ0v) is 18.3. The zero-order valence-electron chi connectivity index (χ0n) is 18.3. The van der Waals surface area contributed by atoms with E-state index in [4.69, 9.17) is 9.47 Å². The number of aliphatic hydroxyl groups excluding tert-OH is 1. The summed E-state index contributed by atoms with van der Waals surface area (Å²) >= 11 is 0. The molecule has 0 radical (unpaired) electrons. The third-order valence-corrected chi connectivity index (χ3v) is 4.18. The van der Waals surface area contributed by atoms with Crippen molar-refractivity contribution in [3.8, 4) is 0 Å². The van der Waals surface area contributed by atoms with Crippen LogP contribution in [0.15, 0.2) is 18.5 Å². The number of nitrogens with one attached hydrogen (secondary N) is 1. The Morgan fingerprint density at radius 3 is 2.38 bits per heavy atom. The SMILES string of the molecule is CC(C)(C)OC(=O)NC[C@H](O)C[n+]1cccn1CC1CN(C(=O)OC(C)(C)C)C1. The highest BCUT2D eigenvalue weighted by Gasteiger charge is 2.35. The van der Waals surface area contributed by atoms with E-state index in [1.807, 2.05) is 48.6 Å². The lowest BCUT2D eigenvalue weighted by Crippen LogP contribution is -2.56. The van der Waals surface area contributed by atoms with Gasteiger partial charge in [-0.3, -0.25) is 0 Å². The second kappa shape index (κ2) is 9.02. The summed E-state index contributed by atoms with van der Waals surface area (Å²) in [5.74, 6) is 0.332. The average molecular weight is 412 g/mol. The van der Waals surface area contributed by atoms with Gasteiger partial charge in [-0.2, -0.15) is 4.68 Å². The van der Waals surface area contributed by atoms with Crippen molar-refractivity contribution in [2.75, 3.05) is 19.6 Å². The molecule has 0 unspecified atom stereocenters. The molecule has 9 heteroatoms. The molecular weight excluding hydrogens is 376 g/mol. The fourth-order valence-corrected chi connectivity index (χ4v) is 2.96. The molecule has 0 spiro atoms. The maximum atomic E-state index is 12.0. The zero-order chi connectivity index (χ0) is 21.8. The molecule has 0 bridgehead atoms. The molecule has 0 aliphatic carbocycles. The van der Waals surface area contributed by atoms with Gasteiger partial charge in [0.2, 0.25) is 0 Å². The third kappa shape index (κ3) is 7.92.